The highest BCUT2D eigenvalue weighted by Gasteiger charge is 2.56. The van der Waals surface area contributed by atoms with Crippen LogP contribution < -0.4 is 5.32 Å². The summed E-state index contributed by atoms with van der Waals surface area (Å²) in [6, 6.07) is 21.4. The molecule has 1 aliphatic carbocycles. The molecule has 4 rings (SSSR count). The number of hydrogen-bond donors (Lipinski definition) is 1. The van der Waals surface area contributed by atoms with Gasteiger partial charge in [0.15, 0.2) is 0 Å². The number of benzene rings is 2. The third kappa shape index (κ3) is 2.33. The van der Waals surface area contributed by atoms with Gasteiger partial charge in [-0.25, -0.2) is 0 Å². The predicted octanol–water partition coefficient (Wildman–Crippen LogP) is 4.45. The highest BCUT2D eigenvalue weighted by molar-refractivity contribution is 5.84. The van der Waals surface area contributed by atoms with Crippen molar-refractivity contribution < 1.29 is 4.79 Å². The van der Waals surface area contributed by atoms with Gasteiger partial charge in [0.05, 0.1) is 0 Å². The fourth-order valence-corrected chi connectivity index (χ4v) is 4.75. The van der Waals surface area contributed by atoms with Gasteiger partial charge in [-0.3, -0.25) is 4.79 Å². The molecular formula is C21H23NO. The van der Waals surface area contributed by atoms with Gasteiger partial charge < -0.3 is 5.32 Å². The Morgan fingerprint density at radius 1 is 0.957 bits per heavy atom. The lowest BCUT2D eigenvalue weighted by Gasteiger charge is -2.39. The number of ketones is 1. The molecule has 1 saturated carbocycles. The number of hydrogen-bond acceptors (Lipinski definition) is 2. The van der Waals surface area contributed by atoms with Crippen LogP contribution in [0.5, 0.6) is 0 Å². The molecular weight excluding hydrogens is 282 g/mol. The zero-order valence-corrected chi connectivity index (χ0v) is 13.5. The van der Waals surface area contributed by atoms with Crippen molar-refractivity contribution in [2.24, 2.45) is 11.3 Å². The van der Waals surface area contributed by atoms with Crippen molar-refractivity contribution in [1.82, 2.24) is 5.32 Å². The molecule has 0 unspecified atom stereocenters. The maximum atomic E-state index is 12.8. The van der Waals surface area contributed by atoms with Crippen LogP contribution in [0.4, 0.5) is 0 Å². The van der Waals surface area contributed by atoms with Crippen LogP contribution >= 0.6 is 0 Å². The number of nitrogens with one attached hydrogen (secondary N) is 1. The van der Waals surface area contributed by atoms with E-state index in [4.69, 9.17) is 0 Å². The number of Topliss-reactive ketones (excluding diaryl/α,β-unsaturated/α-hetero) is 1. The molecule has 1 N–H and O–H groups in total. The average molecular weight is 305 g/mol. The highest BCUT2D eigenvalue weighted by Crippen LogP contribution is 2.57. The van der Waals surface area contributed by atoms with Crippen LogP contribution in [0.3, 0.4) is 0 Å². The molecule has 2 nitrogen and oxygen atoms in total. The van der Waals surface area contributed by atoms with Crippen LogP contribution in [-0.2, 0) is 4.79 Å². The first-order valence-electron chi connectivity index (χ1n) is 8.59. The smallest absolute Gasteiger partial charge is 0.138 e. The Balaban J connectivity index is 1.79. The molecule has 0 amide bonds. The fraction of sp³-hybridized carbons (Fsp3) is 0.381. The van der Waals surface area contributed by atoms with E-state index in [0.29, 0.717) is 5.78 Å². The van der Waals surface area contributed by atoms with E-state index in [1.165, 1.54) is 11.1 Å². The summed E-state index contributed by atoms with van der Waals surface area (Å²) < 4.78 is 0. The summed E-state index contributed by atoms with van der Waals surface area (Å²) in [5.41, 5.74) is 2.53. The molecule has 0 bridgehead atoms. The van der Waals surface area contributed by atoms with Crippen LogP contribution in [0.2, 0.25) is 0 Å². The number of carbonyl (C=O) groups is 1. The Bertz CT molecular complexity index is 696. The minimum Gasteiger partial charge on any atom is -0.302 e. The molecule has 0 spiro atoms. The summed E-state index contributed by atoms with van der Waals surface area (Å²) in [5.74, 6) is 0.502. The van der Waals surface area contributed by atoms with Gasteiger partial charge in [-0.1, -0.05) is 67.6 Å². The standard InChI is InChI=1S/C21H23NO/c1-21-14-8-13-17(23)18(21)19(15-9-4-2-5-10-15)22-20(21)16-11-6-3-7-12-16/h2-7,9-12,18-20,22H,8,13-14H2,1H3/t18-,19-,20-,21+/m1/s1. The van der Waals surface area contributed by atoms with Gasteiger partial charge >= 0.3 is 0 Å². The molecule has 4 atom stereocenters. The van der Waals surface area contributed by atoms with Gasteiger partial charge in [-0.15, -0.1) is 0 Å². The summed E-state index contributed by atoms with van der Waals surface area (Å²) in [4.78, 5) is 12.8. The molecule has 1 saturated heterocycles. The molecule has 2 aliphatic rings. The van der Waals surface area contributed by atoms with Crippen molar-refractivity contribution in [3.05, 3.63) is 71.8 Å². The van der Waals surface area contributed by atoms with Gasteiger partial charge in [0, 0.05) is 24.4 Å². The lowest BCUT2D eigenvalue weighted by atomic mass is 9.62. The van der Waals surface area contributed by atoms with Crippen molar-refractivity contribution in [1.29, 1.82) is 0 Å². The second-order valence-corrected chi connectivity index (χ2v) is 7.20. The Kier molecular flexibility index (Phi) is 3.57. The first-order valence-corrected chi connectivity index (χ1v) is 8.59. The van der Waals surface area contributed by atoms with E-state index in [0.717, 1.165) is 19.3 Å². The fourth-order valence-electron chi connectivity index (χ4n) is 4.75. The van der Waals surface area contributed by atoms with E-state index < -0.39 is 0 Å². The first-order chi connectivity index (χ1) is 11.2. The zero-order valence-electron chi connectivity index (χ0n) is 13.5. The van der Waals surface area contributed by atoms with E-state index in [9.17, 15) is 4.79 Å². The molecule has 2 fully saturated rings. The molecule has 2 aromatic rings. The van der Waals surface area contributed by atoms with Crippen molar-refractivity contribution in [3.63, 3.8) is 0 Å². The Hall–Kier alpha value is -1.93. The second kappa shape index (κ2) is 5.61. The maximum absolute atomic E-state index is 12.8. The van der Waals surface area contributed by atoms with E-state index >= 15 is 0 Å². The third-order valence-corrected chi connectivity index (χ3v) is 5.83. The normalized spacial score (nSPS) is 33.4. The number of carbonyl (C=O) groups excluding carboxylic acids is 1. The molecule has 1 heterocycles. The van der Waals surface area contributed by atoms with E-state index in [1.807, 2.05) is 6.07 Å². The topological polar surface area (TPSA) is 29.1 Å². The maximum Gasteiger partial charge on any atom is 0.138 e. The lowest BCUT2D eigenvalue weighted by molar-refractivity contribution is -0.129. The van der Waals surface area contributed by atoms with E-state index in [2.05, 4.69) is 66.8 Å². The number of fused-ring (bicyclic) bond motifs is 1. The van der Waals surface area contributed by atoms with Crippen molar-refractivity contribution in [2.45, 2.75) is 38.3 Å². The quantitative estimate of drug-likeness (QED) is 0.888. The van der Waals surface area contributed by atoms with Gasteiger partial charge in [-0.05, 0) is 29.4 Å². The Labute approximate surface area is 137 Å². The van der Waals surface area contributed by atoms with Crippen LogP contribution in [-0.4, -0.2) is 5.78 Å². The van der Waals surface area contributed by atoms with Gasteiger partial charge in [0.1, 0.15) is 5.78 Å². The Morgan fingerprint density at radius 2 is 1.57 bits per heavy atom. The molecule has 2 heteroatoms. The third-order valence-electron chi connectivity index (χ3n) is 5.83. The van der Waals surface area contributed by atoms with Crippen LogP contribution in [0.25, 0.3) is 0 Å². The van der Waals surface area contributed by atoms with Crippen molar-refractivity contribution >= 4 is 5.78 Å². The minimum atomic E-state index is -0.00278. The summed E-state index contributed by atoms with van der Waals surface area (Å²) >= 11 is 0. The second-order valence-electron chi connectivity index (χ2n) is 7.20. The minimum absolute atomic E-state index is 0.00278. The summed E-state index contributed by atoms with van der Waals surface area (Å²) in [6.45, 7) is 2.31. The van der Waals surface area contributed by atoms with Crippen LogP contribution in [0.15, 0.2) is 60.7 Å². The van der Waals surface area contributed by atoms with Crippen LogP contribution in [0, 0.1) is 11.3 Å². The molecule has 118 valence electrons. The van der Waals surface area contributed by atoms with E-state index in [-0.39, 0.29) is 23.4 Å². The zero-order chi connectivity index (χ0) is 15.9. The highest BCUT2D eigenvalue weighted by atomic mass is 16.1. The first kappa shape index (κ1) is 14.6. The van der Waals surface area contributed by atoms with Crippen LogP contribution in [0.1, 0.15) is 49.4 Å². The molecule has 2 aromatic carbocycles. The van der Waals surface area contributed by atoms with Gasteiger partial charge in [-0.2, -0.15) is 0 Å². The lowest BCUT2D eigenvalue weighted by Crippen LogP contribution is -2.38. The van der Waals surface area contributed by atoms with Gasteiger partial charge in [0.2, 0.25) is 0 Å². The van der Waals surface area contributed by atoms with Crippen molar-refractivity contribution in [3.8, 4) is 0 Å². The van der Waals surface area contributed by atoms with Gasteiger partial charge in [0.25, 0.3) is 0 Å². The summed E-state index contributed by atoms with van der Waals surface area (Å²) in [7, 11) is 0. The predicted molar refractivity (Wildman–Crippen MR) is 92.0 cm³/mol. The Morgan fingerprint density at radius 3 is 2.22 bits per heavy atom. The van der Waals surface area contributed by atoms with Crippen molar-refractivity contribution in [2.75, 3.05) is 0 Å². The molecule has 0 radical (unpaired) electrons. The SMILES string of the molecule is C[C@]12CCCC(=O)[C@@H]1[C@@H](c1ccccc1)N[C@@H]2c1ccccc1. The van der Waals surface area contributed by atoms with E-state index in [1.54, 1.807) is 0 Å². The molecule has 1 aliphatic heterocycles. The average Bonchev–Trinajstić information content (AvgIpc) is 2.91. The summed E-state index contributed by atoms with van der Waals surface area (Å²) in [5, 5.41) is 3.82. The summed E-state index contributed by atoms with van der Waals surface area (Å²) in [6.07, 6.45) is 2.85. The molecule has 23 heavy (non-hydrogen) atoms. The largest absolute Gasteiger partial charge is 0.302 e. The number of rotatable bonds is 2. The monoisotopic (exact) mass is 305 g/mol. The molecule has 0 aromatic heterocycles.